The quantitative estimate of drug-likeness (QED) is 0.687. The third-order valence-corrected chi connectivity index (χ3v) is 3.97. The first-order chi connectivity index (χ1) is 7.35. The molecule has 1 heterocycles. The molecule has 1 aliphatic rings. The van der Waals surface area contributed by atoms with Crippen LogP contribution in [0.4, 0.5) is 0 Å². The molecule has 0 fully saturated rings. The Bertz CT molecular complexity index is 416. The molecule has 1 aromatic rings. The monoisotopic (exact) mass is 218 g/mol. The van der Waals surface area contributed by atoms with Crippen molar-refractivity contribution >= 4 is 0 Å². The molecule has 88 valence electrons. The lowest BCUT2D eigenvalue weighted by Gasteiger charge is -2.23. The van der Waals surface area contributed by atoms with Crippen LogP contribution in [0.25, 0.3) is 0 Å². The molecule has 0 radical (unpaired) electrons. The van der Waals surface area contributed by atoms with Crippen molar-refractivity contribution in [3.8, 4) is 5.75 Å². The van der Waals surface area contributed by atoms with Crippen LogP contribution in [0.15, 0.2) is 12.1 Å². The van der Waals surface area contributed by atoms with Gasteiger partial charge in [0.1, 0.15) is 11.9 Å². The van der Waals surface area contributed by atoms with E-state index in [1.54, 1.807) is 0 Å². The maximum absolute atomic E-state index is 6.10. The minimum Gasteiger partial charge on any atom is -0.489 e. The van der Waals surface area contributed by atoms with E-state index < -0.39 is 0 Å². The maximum Gasteiger partial charge on any atom is 0.127 e. The Morgan fingerprint density at radius 1 is 1.25 bits per heavy atom. The van der Waals surface area contributed by atoms with Crippen molar-refractivity contribution in [1.29, 1.82) is 0 Å². The topological polar surface area (TPSA) is 9.23 Å². The van der Waals surface area contributed by atoms with Crippen molar-refractivity contribution in [2.45, 2.75) is 59.0 Å². The zero-order valence-electron chi connectivity index (χ0n) is 11.2. The van der Waals surface area contributed by atoms with E-state index in [-0.39, 0.29) is 11.5 Å². The van der Waals surface area contributed by atoms with Crippen LogP contribution in [0, 0.1) is 6.92 Å². The zero-order valence-corrected chi connectivity index (χ0v) is 11.2. The highest BCUT2D eigenvalue weighted by atomic mass is 16.5. The van der Waals surface area contributed by atoms with Crippen LogP contribution in [0.3, 0.4) is 0 Å². The van der Waals surface area contributed by atoms with Crippen molar-refractivity contribution in [3.05, 3.63) is 28.8 Å². The molecule has 1 atom stereocenters. The predicted octanol–water partition coefficient (Wildman–Crippen LogP) is 4.18. The summed E-state index contributed by atoms with van der Waals surface area (Å²) in [7, 11) is 0. The van der Waals surface area contributed by atoms with Gasteiger partial charge in [-0.1, -0.05) is 39.8 Å². The molecular weight excluding hydrogens is 196 g/mol. The number of fused-ring (bicyclic) bond motifs is 1. The van der Waals surface area contributed by atoms with Crippen LogP contribution in [0.1, 0.15) is 57.2 Å². The fourth-order valence-corrected chi connectivity index (χ4v) is 2.61. The summed E-state index contributed by atoms with van der Waals surface area (Å²) in [5.74, 6) is 1.67. The van der Waals surface area contributed by atoms with Crippen LogP contribution in [0.5, 0.6) is 5.75 Å². The van der Waals surface area contributed by atoms with Gasteiger partial charge in [0.05, 0.1) is 0 Å². The summed E-state index contributed by atoms with van der Waals surface area (Å²) in [5, 5.41) is 0. The third-order valence-electron chi connectivity index (χ3n) is 3.97. The molecule has 0 saturated heterocycles. The Morgan fingerprint density at radius 2 is 1.88 bits per heavy atom. The molecule has 1 heteroatoms. The number of benzene rings is 1. The highest BCUT2D eigenvalue weighted by Gasteiger charge is 2.41. The molecular formula is C15H22O. The highest BCUT2D eigenvalue weighted by molar-refractivity contribution is 5.54. The lowest BCUT2D eigenvalue weighted by molar-refractivity contribution is 0.184. The molecule has 0 aliphatic carbocycles. The van der Waals surface area contributed by atoms with Crippen molar-refractivity contribution in [1.82, 2.24) is 0 Å². The van der Waals surface area contributed by atoms with E-state index in [1.165, 1.54) is 16.7 Å². The summed E-state index contributed by atoms with van der Waals surface area (Å²) < 4.78 is 6.10. The van der Waals surface area contributed by atoms with Gasteiger partial charge in [-0.25, -0.2) is 0 Å². The largest absolute Gasteiger partial charge is 0.489 e. The van der Waals surface area contributed by atoms with Crippen LogP contribution in [-0.2, 0) is 5.41 Å². The second kappa shape index (κ2) is 3.51. The number of rotatable bonds is 1. The Morgan fingerprint density at radius 3 is 2.44 bits per heavy atom. The average Bonchev–Trinajstić information content (AvgIpc) is 2.38. The Kier molecular flexibility index (Phi) is 2.52. The third kappa shape index (κ3) is 1.45. The molecule has 1 aromatic carbocycles. The standard InChI is InChI=1S/C15H22O/c1-9(2)12-8-7-10(3)13-14(12)16-11(4)15(13,5)6/h7-9,11H,1-6H3. The average molecular weight is 218 g/mol. The minimum atomic E-state index is 0.129. The normalized spacial score (nSPS) is 22.1. The predicted molar refractivity (Wildman–Crippen MR) is 68.4 cm³/mol. The molecule has 16 heavy (non-hydrogen) atoms. The molecule has 0 bridgehead atoms. The van der Waals surface area contributed by atoms with Crippen molar-refractivity contribution < 1.29 is 4.74 Å². The van der Waals surface area contributed by atoms with E-state index in [4.69, 9.17) is 4.74 Å². The van der Waals surface area contributed by atoms with E-state index in [2.05, 4.69) is 53.7 Å². The van der Waals surface area contributed by atoms with E-state index in [0.29, 0.717) is 5.92 Å². The smallest absolute Gasteiger partial charge is 0.127 e. The molecule has 0 saturated carbocycles. The number of hydrogen-bond acceptors (Lipinski definition) is 1. The summed E-state index contributed by atoms with van der Waals surface area (Å²) in [6, 6.07) is 4.45. The van der Waals surface area contributed by atoms with E-state index in [1.807, 2.05) is 0 Å². The SMILES string of the molecule is Cc1ccc(C(C)C)c2c1C(C)(C)C(C)O2. The van der Waals surface area contributed by atoms with Gasteiger partial charge in [-0.2, -0.15) is 0 Å². The lowest BCUT2D eigenvalue weighted by Crippen LogP contribution is -2.29. The summed E-state index contributed by atoms with van der Waals surface area (Å²) in [6.07, 6.45) is 0.265. The van der Waals surface area contributed by atoms with E-state index >= 15 is 0 Å². The number of hydrogen-bond donors (Lipinski definition) is 0. The van der Waals surface area contributed by atoms with Crippen LogP contribution < -0.4 is 4.74 Å². The Labute approximate surface area is 98.8 Å². The van der Waals surface area contributed by atoms with Crippen molar-refractivity contribution in [2.24, 2.45) is 0 Å². The fourth-order valence-electron chi connectivity index (χ4n) is 2.61. The lowest BCUT2D eigenvalue weighted by atomic mass is 9.78. The molecule has 0 spiro atoms. The molecule has 0 N–H and O–H groups in total. The molecule has 1 unspecified atom stereocenters. The summed E-state index contributed by atoms with van der Waals surface area (Å²) in [6.45, 7) is 13.4. The van der Waals surface area contributed by atoms with Crippen molar-refractivity contribution in [2.75, 3.05) is 0 Å². The van der Waals surface area contributed by atoms with Crippen LogP contribution in [0.2, 0.25) is 0 Å². The fraction of sp³-hybridized carbons (Fsp3) is 0.600. The summed E-state index contributed by atoms with van der Waals surface area (Å²) >= 11 is 0. The first-order valence-electron chi connectivity index (χ1n) is 6.16. The second-order valence-electron chi connectivity index (χ2n) is 5.81. The van der Waals surface area contributed by atoms with Gasteiger partial charge in [-0.3, -0.25) is 0 Å². The van der Waals surface area contributed by atoms with Gasteiger partial charge < -0.3 is 4.74 Å². The van der Waals surface area contributed by atoms with Crippen LogP contribution >= 0.6 is 0 Å². The molecule has 1 nitrogen and oxygen atoms in total. The van der Waals surface area contributed by atoms with Gasteiger partial charge in [-0.05, 0) is 30.9 Å². The molecule has 0 aromatic heterocycles. The maximum atomic E-state index is 6.10. The van der Waals surface area contributed by atoms with Gasteiger partial charge in [0, 0.05) is 11.0 Å². The Hall–Kier alpha value is -0.980. The van der Waals surface area contributed by atoms with Gasteiger partial charge in [0.2, 0.25) is 0 Å². The first-order valence-corrected chi connectivity index (χ1v) is 6.16. The first kappa shape index (κ1) is 11.5. The Balaban J connectivity index is 2.67. The summed E-state index contributed by atoms with van der Waals surface area (Å²) in [4.78, 5) is 0. The van der Waals surface area contributed by atoms with Gasteiger partial charge in [0.15, 0.2) is 0 Å². The second-order valence-corrected chi connectivity index (χ2v) is 5.81. The highest BCUT2D eigenvalue weighted by Crippen LogP contribution is 2.47. The summed E-state index contributed by atoms with van der Waals surface area (Å²) in [5.41, 5.74) is 4.24. The van der Waals surface area contributed by atoms with E-state index in [0.717, 1.165) is 5.75 Å². The molecule has 0 amide bonds. The van der Waals surface area contributed by atoms with Gasteiger partial charge in [0.25, 0.3) is 0 Å². The van der Waals surface area contributed by atoms with Crippen molar-refractivity contribution in [3.63, 3.8) is 0 Å². The number of ether oxygens (including phenoxy) is 1. The van der Waals surface area contributed by atoms with Crippen LogP contribution in [-0.4, -0.2) is 6.10 Å². The number of aryl methyl sites for hydroxylation is 1. The van der Waals surface area contributed by atoms with Gasteiger partial charge in [-0.15, -0.1) is 0 Å². The molecule has 2 rings (SSSR count). The molecule has 1 aliphatic heterocycles. The van der Waals surface area contributed by atoms with Gasteiger partial charge >= 0.3 is 0 Å². The minimum absolute atomic E-state index is 0.129. The van der Waals surface area contributed by atoms with E-state index in [9.17, 15) is 0 Å². The zero-order chi connectivity index (χ0) is 12.1.